The van der Waals surface area contributed by atoms with Crippen molar-refractivity contribution in [3.8, 4) is 11.5 Å². The van der Waals surface area contributed by atoms with Crippen molar-refractivity contribution in [2.75, 3.05) is 13.7 Å². The van der Waals surface area contributed by atoms with Crippen LogP contribution in [0.1, 0.15) is 30.9 Å². The molecule has 0 saturated carbocycles. The molecule has 0 amide bonds. The molecule has 0 bridgehead atoms. The second kappa shape index (κ2) is 9.70. The topological polar surface area (TPSA) is 100 Å². The van der Waals surface area contributed by atoms with E-state index in [0.717, 1.165) is 16.4 Å². The molecule has 1 aliphatic rings. The fraction of sp³-hybridized carbons (Fsp3) is 0.238. The van der Waals surface area contributed by atoms with Gasteiger partial charge in [0.05, 0.1) is 22.2 Å². The molecule has 9 heteroatoms. The Morgan fingerprint density at radius 2 is 2.00 bits per heavy atom. The Hall–Kier alpha value is -2.95. The molecule has 3 rings (SSSR count). The number of nitro benzene ring substituents is 1. The molecule has 0 fully saturated rings. The molecule has 0 aromatic heterocycles. The van der Waals surface area contributed by atoms with Crippen LogP contribution in [0.5, 0.6) is 11.5 Å². The number of nitro groups is 1. The molecule has 0 radical (unpaired) electrons. The lowest BCUT2D eigenvalue weighted by molar-refractivity contribution is -0.384. The standard InChI is InChI=1S/C21H19IN2O6/c1-3-4-9-29-19-16(22)10-13(12-18(19)28-2)11-17-21(25)30-20(23-17)14-5-7-15(8-6-14)24(26)27/h5-8,10-12H,3-4,9H2,1-2H3/b17-11-. The second-order valence-corrected chi connectivity index (χ2v) is 7.54. The smallest absolute Gasteiger partial charge is 0.363 e. The number of hydrogen-bond donors (Lipinski definition) is 0. The van der Waals surface area contributed by atoms with Gasteiger partial charge in [-0.15, -0.1) is 0 Å². The Morgan fingerprint density at radius 1 is 1.27 bits per heavy atom. The number of unbranched alkanes of at least 4 members (excludes halogenated alkanes) is 1. The van der Waals surface area contributed by atoms with Crippen LogP contribution in [0.3, 0.4) is 0 Å². The third kappa shape index (κ3) is 4.96. The number of cyclic esters (lactones) is 1. The first-order chi connectivity index (χ1) is 14.4. The van der Waals surface area contributed by atoms with Gasteiger partial charge in [0, 0.05) is 17.7 Å². The SMILES string of the molecule is CCCCOc1c(I)cc(/C=C2\N=C(c3ccc([N+](=O)[O-])cc3)OC2=O)cc1OC. The molecule has 0 unspecified atom stereocenters. The van der Waals surface area contributed by atoms with Crippen LogP contribution in [0.4, 0.5) is 5.69 Å². The third-order valence-electron chi connectivity index (χ3n) is 4.25. The first-order valence-corrected chi connectivity index (χ1v) is 10.3. The van der Waals surface area contributed by atoms with Crippen LogP contribution in [0.2, 0.25) is 0 Å². The Morgan fingerprint density at radius 3 is 2.63 bits per heavy atom. The Balaban J connectivity index is 1.87. The summed E-state index contributed by atoms with van der Waals surface area (Å²) in [5.41, 5.74) is 1.26. The van der Waals surface area contributed by atoms with Gasteiger partial charge in [-0.2, -0.15) is 0 Å². The molecule has 8 nitrogen and oxygen atoms in total. The maximum absolute atomic E-state index is 12.2. The molecule has 156 valence electrons. The van der Waals surface area contributed by atoms with E-state index in [2.05, 4.69) is 34.5 Å². The summed E-state index contributed by atoms with van der Waals surface area (Å²) >= 11 is 2.16. The maximum Gasteiger partial charge on any atom is 0.363 e. The second-order valence-electron chi connectivity index (χ2n) is 6.38. The zero-order valence-electron chi connectivity index (χ0n) is 16.4. The number of aliphatic imine (C=N–C) groups is 1. The summed E-state index contributed by atoms with van der Waals surface area (Å²) in [6, 6.07) is 9.27. The summed E-state index contributed by atoms with van der Waals surface area (Å²) in [5.74, 6) is 0.733. The minimum Gasteiger partial charge on any atom is -0.493 e. The first kappa shape index (κ1) is 21.8. The van der Waals surface area contributed by atoms with Crippen molar-refractivity contribution in [3.05, 3.63) is 66.9 Å². The largest absolute Gasteiger partial charge is 0.493 e. The molecule has 0 aliphatic carbocycles. The summed E-state index contributed by atoms with van der Waals surface area (Å²) in [4.78, 5) is 26.8. The summed E-state index contributed by atoms with van der Waals surface area (Å²) in [6.07, 6.45) is 3.57. The van der Waals surface area contributed by atoms with Crippen LogP contribution in [0.15, 0.2) is 47.1 Å². The number of benzene rings is 2. The summed E-state index contributed by atoms with van der Waals surface area (Å²) < 4.78 is 17.3. The van der Waals surface area contributed by atoms with E-state index < -0.39 is 10.9 Å². The lowest BCUT2D eigenvalue weighted by Crippen LogP contribution is -2.05. The number of carbonyl (C=O) groups excluding carboxylic acids is 1. The molecule has 2 aromatic carbocycles. The van der Waals surface area contributed by atoms with Gasteiger partial charge in [0.15, 0.2) is 17.2 Å². The van der Waals surface area contributed by atoms with E-state index in [-0.39, 0.29) is 17.3 Å². The zero-order chi connectivity index (χ0) is 21.7. The molecule has 1 aliphatic heterocycles. The van der Waals surface area contributed by atoms with Gasteiger partial charge in [-0.25, -0.2) is 9.79 Å². The molecule has 0 atom stereocenters. The van der Waals surface area contributed by atoms with Gasteiger partial charge in [0.1, 0.15) is 0 Å². The Kier molecular flexibility index (Phi) is 7.03. The van der Waals surface area contributed by atoms with Gasteiger partial charge in [0.25, 0.3) is 5.69 Å². The lowest BCUT2D eigenvalue weighted by atomic mass is 10.1. The molecule has 0 N–H and O–H groups in total. The third-order valence-corrected chi connectivity index (χ3v) is 5.05. The van der Waals surface area contributed by atoms with Gasteiger partial charge in [0.2, 0.25) is 5.90 Å². The quantitative estimate of drug-likeness (QED) is 0.124. The van der Waals surface area contributed by atoms with Crippen molar-refractivity contribution < 1.29 is 23.9 Å². The van der Waals surface area contributed by atoms with Gasteiger partial charge in [-0.1, -0.05) is 13.3 Å². The minimum absolute atomic E-state index is 0.0534. The van der Waals surface area contributed by atoms with E-state index in [4.69, 9.17) is 14.2 Å². The summed E-state index contributed by atoms with van der Waals surface area (Å²) in [6.45, 7) is 2.69. The number of esters is 1. The van der Waals surface area contributed by atoms with Crippen LogP contribution in [-0.2, 0) is 9.53 Å². The number of hydrogen-bond acceptors (Lipinski definition) is 7. The Bertz CT molecular complexity index is 1030. The summed E-state index contributed by atoms with van der Waals surface area (Å²) in [7, 11) is 1.56. The van der Waals surface area contributed by atoms with Gasteiger partial charge >= 0.3 is 5.97 Å². The molecular formula is C21H19IN2O6. The highest BCUT2D eigenvalue weighted by molar-refractivity contribution is 14.1. The van der Waals surface area contributed by atoms with Crippen molar-refractivity contribution >= 4 is 46.2 Å². The predicted molar refractivity (Wildman–Crippen MR) is 120 cm³/mol. The molecule has 2 aromatic rings. The van der Waals surface area contributed by atoms with Crippen LogP contribution >= 0.6 is 22.6 Å². The average Bonchev–Trinajstić information content (AvgIpc) is 3.09. The zero-order valence-corrected chi connectivity index (χ0v) is 18.5. The van der Waals surface area contributed by atoms with E-state index in [1.807, 2.05) is 6.07 Å². The number of ether oxygens (including phenoxy) is 3. The Labute approximate surface area is 186 Å². The highest BCUT2D eigenvalue weighted by atomic mass is 127. The van der Waals surface area contributed by atoms with E-state index in [1.165, 1.54) is 24.3 Å². The fourth-order valence-corrected chi connectivity index (χ4v) is 3.48. The van der Waals surface area contributed by atoms with Crippen molar-refractivity contribution in [2.45, 2.75) is 19.8 Å². The molecule has 0 spiro atoms. The molecular weight excluding hydrogens is 503 g/mol. The van der Waals surface area contributed by atoms with Crippen molar-refractivity contribution in [2.24, 2.45) is 4.99 Å². The lowest BCUT2D eigenvalue weighted by Gasteiger charge is -2.13. The number of rotatable bonds is 8. The maximum atomic E-state index is 12.2. The van der Waals surface area contributed by atoms with Crippen molar-refractivity contribution in [1.82, 2.24) is 0 Å². The summed E-state index contributed by atoms with van der Waals surface area (Å²) in [5, 5.41) is 10.8. The fourth-order valence-electron chi connectivity index (χ4n) is 2.70. The predicted octanol–water partition coefficient (Wildman–Crippen LogP) is 4.73. The van der Waals surface area contributed by atoms with E-state index >= 15 is 0 Å². The van der Waals surface area contributed by atoms with Gasteiger partial charge in [-0.3, -0.25) is 10.1 Å². The van der Waals surface area contributed by atoms with Crippen molar-refractivity contribution in [1.29, 1.82) is 0 Å². The molecule has 30 heavy (non-hydrogen) atoms. The van der Waals surface area contributed by atoms with E-state index in [1.54, 1.807) is 19.3 Å². The van der Waals surface area contributed by atoms with Crippen LogP contribution < -0.4 is 9.47 Å². The average molecular weight is 522 g/mol. The van der Waals surface area contributed by atoms with Gasteiger partial charge in [-0.05, 0) is 64.9 Å². The number of nitrogens with zero attached hydrogens (tertiary/aromatic N) is 2. The van der Waals surface area contributed by atoms with E-state index in [9.17, 15) is 14.9 Å². The molecule has 1 heterocycles. The van der Waals surface area contributed by atoms with Gasteiger partial charge < -0.3 is 14.2 Å². The van der Waals surface area contributed by atoms with Crippen molar-refractivity contribution in [3.63, 3.8) is 0 Å². The molecule has 0 saturated heterocycles. The number of methoxy groups -OCH3 is 1. The first-order valence-electron chi connectivity index (χ1n) is 9.20. The van der Waals surface area contributed by atoms with Crippen LogP contribution in [0.25, 0.3) is 6.08 Å². The monoisotopic (exact) mass is 522 g/mol. The van der Waals surface area contributed by atoms with E-state index in [0.29, 0.717) is 29.2 Å². The number of carbonyl (C=O) groups is 1. The highest BCUT2D eigenvalue weighted by Gasteiger charge is 2.25. The highest BCUT2D eigenvalue weighted by Crippen LogP contribution is 2.35. The van der Waals surface area contributed by atoms with Crippen LogP contribution in [-0.4, -0.2) is 30.5 Å². The number of halogens is 1. The minimum atomic E-state index is -0.597. The van der Waals surface area contributed by atoms with Crippen LogP contribution in [0, 0.1) is 13.7 Å². The number of non-ortho nitro benzene ring substituents is 1. The normalized spacial score (nSPS) is 14.4.